The zero-order valence-corrected chi connectivity index (χ0v) is 27.2. The van der Waals surface area contributed by atoms with E-state index in [1.807, 2.05) is 58.3 Å². The van der Waals surface area contributed by atoms with Crippen LogP contribution in [-0.4, -0.2) is 34.7 Å². The van der Waals surface area contributed by atoms with Crippen LogP contribution in [0.2, 0.25) is 0 Å². The third-order valence-electron chi connectivity index (χ3n) is 7.89. The van der Waals surface area contributed by atoms with Gasteiger partial charge in [-0.2, -0.15) is 0 Å². The molecular formula is C34H42Br2N2O2. The molecule has 2 aromatic rings. The third-order valence-corrected chi connectivity index (χ3v) is 8.94. The second-order valence-electron chi connectivity index (χ2n) is 10.9. The summed E-state index contributed by atoms with van der Waals surface area (Å²) in [7, 11) is 0. The van der Waals surface area contributed by atoms with Gasteiger partial charge in [-0.15, -0.1) is 0 Å². The molecule has 0 spiro atoms. The van der Waals surface area contributed by atoms with Crippen molar-refractivity contribution in [3.8, 4) is 0 Å². The Morgan fingerprint density at radius 1 is 0.500 bits per heavy atom. The van der Waals surface area contributed by atoms with Crippen molar-refractivity contribution in [2.75, 3.05) is 13.1 Å². The lowest BCUT2D eigenvalue weighted by Gasteiger charge is -2.25. The molecule has 2 aliphatic heterocycles. The van der Waals surface area contributed by atoms with Gasteiger partial charge in [-0.25, -0.2) is 0 Å². The van der Waals surface area contributed by atoms with E-state index in [-0.39, 0.29) is 11.8 Å². The molecule has 0 atom stereocenters. The third kappa shape index (κ3) is 7.17. The second-order valence-corrected chi connectivity index (χ2v) is 12.7. The van der Waals surface area contributed by atoms with Gasteiger partial charge >= 0.3 is 0 Å². The van der Waals surface area contributed by atoms with Crippen LogP contribution < -0.4 is 0 Å². The summed E-state index contributed by atoms with van der Waals surface area (Å²) in [5, 5.41) is 0. The molecule has 0 fully saturated rings. The molecule has 40 heavy (non-hydrogen) atoms. The van der Waals surface area contributed by atoms with Crippen molar-refractivity contribution in [3.63, 3.8) is 0 Å². The van der Waals surface area contributed by atoms with E-state index in [2.05, 4.69) is 45.7 Å². The molecule has 0 unspecified atom stereocenters. The van der Waals surface area contributed by atoms with E-state index < -0.39 is 0 Å². The van der Waals surface area contributed by atoms with Crippen LogP contribution in [-0.2, 0) is 9.59 Å². The normalized spacial score (nSPS) is 15.2. The predicted octanol–water partition coefficient (Wildman–Crippen LogP) is 9.74. The molecule has 2 heterocycles. The van der Waals surface area contributed by atoms with E-state index in [0.717, 1.165) is 57.1 Å². The van der Waals surface area contributed by atoms with Crippen molar-refractivity contribution >= 4 is 55.1 Å². The SMILES string of the molecule is CCCCCCCCN1C(=O)C2=C(c3ccc(Br)cc3)N(CCCCCCCC)C(=O)C2=C1c1ccc(Br)cc1. The van der Waals surface area contributed by atoms with Crippen LogP contribution >= 0.6 is 31.9 Å². The summed E-state index contributed by atoms with van der Waals surface area (Å²) < 4.78 is 1.95. The first-order chi connectivity index (χ1) is 19.5. The summed E-state index contributed by atoms with van der Waals surface area (Å²) in [5.41, 5.74) is 4.51. The molecule has 214 valence electrons. The highest BCUT2D eigenvalue weighted by Gasteiger charge is 2.48. The standard InChI is InChI=1S/C34H42Br2N2O2/c1-3-5-7-9-11-13-23-37-31(25-15-19-27(35)20-16-25)29-30(33(37)39)32(26-17-21-28(36)22-18-26)38(34(29)40)24-14-12-10-8-6-4-2/h15-22H,3-14,23-24H2,1-2H3. The summed E-state index contributed by atoms with van der Waals surface area (Å²) in [6.45, 7) is 5.70. The van der Waals surface area contributed by atoms with Crippen molar-refractivity contribution in [2.45, 2.75) is 90.9 Å². The van der Waals surface area contributed by atoms with E-state index in [9.17, 15) is 9.59 Å². The van der Waals surface area contributed by atoms with E-state index in [0.29, 0.717) is 24.2 Å². The number of amides is 2. The largest absolute Gasteiger partial charge is 0.307 e. The monoisotopic (exact) mass is 668 g/mol. The minimum Gasteiger partial charge on any atom is -0.307 e. The fourth-order valence-corrected chi connectivity index (χ4v) is 6.27. The molecule has 6 heteroatoms. The van der Waals surface area contributed by atoms with Crippen LogP contribution in [0.4, 0.5) is 0 Å². The fourth-order valence-electron chi connectivity index (χ4n) is 5.74. The molecule has 4 rings (SSSR count). The quantitative estimate of drug-likeness (QED) is 0.167. The lowest BCUT2D eigenvalue weighted by molar-refractivity contribution is -0.124. The van der Waals surface area contributed by atoms with Crippen LogP contribution in [0.1, 0.15) is 102 Å². The molecule has 0 saturated heterocycles. The highest BCUT2D eigenvalue weighted by molar-refractivity contribution is 9.10. The number of hydrogen-bond donors (Lipinski definition) is 0. The molecule has 0 radical (unpaired) electrons. The first-order valence-corrected chi connectivity index (χ1v) is 16.7. The Labute approximate surface area is 257 Å². The zero-order valence-electron chi connectivity index (χ0n) is 24.0. The smallest absolute Gasteiger partial charge is 0.261 e. The highest BCUT2D eigenvalue weighted by atomic mass is 79.9. The first-order valence-electron chi connectivity index (χ1n) is 15.1. The fraction of sp³-hybridized carbons (Fsp3) is 0.471. The average molecular weight is 671 g/mol. The van der Waals surface area contributed by atoms with Gasteiger partial charge in [0.25, 0.3) is 11.8 Å². The summed E-state index contributed by atoms with van der Waals surface area (Å²) in [6.07, 6.45) is 13.8. The maximum absolute atomic E-state index is 14.2. The average Bonchev–Trinajstić information content (AvgIpc) is 3.40. The number of nitrogens with zero attached hydrogens (tertiary/aromatic N) is 2. The summed E-state index contributed by atoms with van der Waals surface area (Å²) in [6, 6.07) is 16.0. The number of carbonyl (C=O) groups excluding carboxylic acids is 2. The van der Waals surface area contributed by atoms with Crippen molar-refractivity contribution in [1.29, 1.82) is 0 Å². The Morgan fingerprint density at radius 3 is 1.18 bits per heavy atom. The number of rotatable bonds is 16. The van der Waals surface area contributed by atoms with Crippen molar-refractivity contribution in [3.05, 3.63) is 79.7 Å². The minimum atomic E-state index is -0.0433. The van der Waals surface area contributed by atoms with Crippen molar-refractivity contribution in [2.24, 2.45) is 0 Å². The predicted molar refractivity (Wildman–Crippen MR) is 172 cm³/mol. The van der Waals surface area contributed by atoms with Gasteiger partial charge in [0, 0.05) is 22.0 Å². The summed E-state index contributed by atoms with van der Waals surface area (Å²) in [4.78, 5) is 32.2. The maximum atomic E-state index is 14.2. The molecule has 2 aliphatic rings. The minimum absolute atomic E-state index is 0.0433. The van der Waals surface area contributed by atoms with E-state index in [4.69, 9.17) is 0 Å². The molecular weight excluding hydrogens is 628 g/mol. The van der Waals surface area contributed by atoms with Crippen LogP contribution in [0, 0.1) is 0 Å². The molecule has 0 aromatic heterocycles. The lowest BCUT2D eigenvalue weighted by Crippen LogP contribution is -2.31. The van der Waals surface area contributed by atoms with E-state index in [1.54, 1.807) is 0 Å². The number of halogens is 2. The molecule has 0 N–H and O–H groups in total. The Morgan fingerprint density at radius 2 is 0.825 bits per heavy atom. The molecule has 4 nitrogen and oxygen atoms in total. The Hall–Kier alpha value is -2.18. The van der Waals surface area contributed by atoms with Gasteiger partial charge in [0.1, 0.15) is 0 Å². The van der Waals surface area contributed by atoms with Gasteiger partial charge < -0.3 is 9.80 Å². The van der Waals surface area contributed by atoms with Crippen LogP contribution in [0.5, 0.6) is 0 Å². The highest BCUT2D eigenvalue weighted by Crippen LogP contribution is 2.47. The van der Waals surface area contributed by atoms with Crippen molar-refractivity contribution < 1.29 is 9.59 Å². The number of fused-ring (bicyclic) bond motifs is 1. The van der Waals surface area contributed by atoms with Crippen molar-refractivity contribution in [1.82, 2.24) is 9.80 Å². The number of hydrogen-bond acceptors (Lipinski definition) is 2. The van der Waals surface area contributed by atoms with Gasteiger partial charge in [0.05, 0.1) is 22.5 Å². The molecule has 0 bridgehead atoms. The van der Waals surface area contributed by atoms with E-state index in [1.165, 1.54) is 51.4 Å². The summed E-state index contributed by atoms with van der Waals surface area (Å²) >= 11 is 7.09. The number of unbranched alkanes of at least 4 members (excludes halogenated alkanes) is 10. The lowest BCUT2D eigenvalue weighted by atomic mass is 10.0. The van der Waals surface area contributed by atoms with Gasteiger partial charge in [0.15, 0.2) is 0 Å². The van der Waals surface area contributed by atoms with Gasteiger partial charge in [0.2, 0.25) is 0 Å². The number of benzene rings is 2. The molecule has 2 aromatic carbocycles. The first kappa shape index (κ1) is 30.8. The van der Waals surface area contributed by atoms with Gasteiger partial charge in [-0.05, 0) is 48.2 Å². The van der Waals surface area contributed by atoms with Gasteiger partial charge in [-0.3, -0.25) is 9.59 Å². The van der Waals surface area contributed by atoms with Crippen LogP contribution in [0.25, 0.3) is 11.4 Å². The summed E-state index contributed by atoms with van der Waals surface area (Å²) in [5.74, 6) is -0.0867. The zero-order chi connectivity index (χ0) is 28.5. The molecule has 0 aliphatic carbocycles. The van der Waals surface area contributed by atoms with Crippen LogP contribution in [0.3, 0.4) is 0 Å². The molecule has 2 amide bonds. The van der Waals surface area contributed by atoms with Gasteiger partial charge in [-0.1, -0.05) is 134 Å². The topological polar surface area (TPSA) is 40.6 Å². The Balaban J connectivity index is 1.70. The molecule has 0 saturated carbocycles. The van der Waals surface area contributed by atoms with E-state index >= 15 is 0 Å². The Kier molecular flexibility index (Phi) is 11.7. The maximum Gasteiger partial charge on any atom is 0.261 e. The number of carbonyl (C=O) groups is 2. The Bertz CT molecular complexity index is 1130. The van der Waals surface area contributed by atoms with Crippen LogP contribution in [0.15, 0.2) is 68.6 Å². The second kappa shape index (κ2) is 15.2.